The first-order chi connectivity index (χ1) is 9.04. The van der Waals surface area contributed by atoms with Gasteiger partial charge in [0.1, 0.15) is 0 Å². The van der Waals surface area contributed by atoms with Gasteiger partial charge in [-0.25, -0.2) is 0 Å². The zero-order valence-corrected chi connectivity index (χ0v) is 12.6. The molecule has 0 aliphatic heterocycles. The molecule has 0 saturated heterocycles. The van der Waals surface area contributed by atoms with Crippen LogP contribution in [0.1, 0.15) is 28.4 Å². The lowest BCUT2D eigenvalue weighted by atomic mass is 9.93. The molecule has 2 nitrogen and oxygen atoms in total. The second-order valence-corrected chi connectivity index (χ2v) is 5.36. The third kappa shape index (κ3) is 2.71. The van der Waals surface area contributed by atoms with E-state index in [-0.39, 0.29) is 0 Å². The third-order valence-electron chi connectivity index (χ3n) is 3.32. The average molecular weight is 318 g/mol. The van der Waals surface area contributed by atoms with Crippen LogP contribution in [0.5, 0.6) is 0 Å². The van der Waals surface area contributed by atoms with Gasteiger partial charge in [0.25, 0.3) is 0 Å². The maximum atomic E-state index is 11.6. The molecule has 0 spiro atoms. The van der Waals surface area contributed by atoms with Crippen LogP contribution in [0, 0.1) is 6.92 Å². The summed E-state index contributed by atoms with van der Waals surface area (Å²) in [6.07, 6.45) is 0.930. The zero-order chi connectivity index (χ0) is 14.0. The molecule has 3 heteroatoms. The Morgan fingerprint density at radius 2 is 1.95 bits per heavy atom. The van der Waals surface area contributed by atoms with Gasteiger partial charge >= 0.3 is 0 Å². The summed E-state index contributed by atoms with van der Waals surface area (Å²) in [6, 6.07) is 11.8. The Balaban J connectivity index is 2.72. The summed E-state index contributed by atoms with van der Waals surface area (Å²) in [5.74, 6) is -0.392. The molecule has 0 aliphatic carbocycles. The van der Waals surface area contributed by atoms with Crippen molar-refractivity contribution < 1.29 is 4.79 Å². The van der Waals surface area contributed by atoms with Gasteiger partial charge < -0.3 is 5.73 Å². The van der Waals surface area contributed by atoms with Crippen LogP contribution in [-0.4, -0.2) is 5.91 Å². The predicted octanol–water partition coefficient (Wildman–Crippen LogP) is 4.09. The normalized spacial score (nSPS) is 10.5. The van der Waals surface area contributed by atoms with Crippen LogP contribution in [0.15, 0.2) is 40.9 Å². The standard InChI is InChI=1S/C16H16BrNO/c1-3-11-7-8-13(16(18)19)14(9-11)12-5-4-6-15(17)10(12)2/h4-9H,3H2,1-2H3,(H2,18,19). The van der Waals surface area contributed by atoms with Gasteiger partial charge in [-0.05, 0) is 47.7 Å². The van der Waals surface area contributed by atoms with Gasteiger partial charge in [0.05, 0.1) is 0 Å². The first-order valence-corrected chi connectivity index (χ1v) is 7.02. The Morgan fingerprint density at radius 3 is 2.58 bits per heavy atom. The Kier molecular flexibility index (Phi) is 4.05. The van der Waals surface area contributed by atoms with Crippen LogP contribution in [0.2, 0.25) is 0 Å². The minimum absolute atomic E-state index is 0.392. The van der Waals surface area contributed by atoms with Crippen molar-refractivity contribution in [3.63, 3.8) is 0 Å². The second kappa shape index (κ2) is 5.57. The van der Waals surface area contributed by atoms with Gasteiger partial charge in [-0.3, -0.25) is 4.79 Å². The van der Waals surface area contributed by atoms with Crippen molar-refractivity contribution >= 4 is 21.8 Å². The number of rotatable bonds is 3. The molecule has 0 heterocycles. The second-order valence-electron chi connectivity index (χ2n) is 4.51. The highest BCUT2D eigenvalue weighted by Crippen LogP contribution is 2.31. The highest BCUT2D eigenvalue weighted by atomic mass is 79.9. The number of primary amides is 1. The molecule has 0 aliphatic rings. The van der Waals surface area contributed by atoms with E-state index in [2.05, 4.69) is 28.9 Å². The number of carbonyl (C=O) groups excluding carboxylic acids is 1. The molecular formula is C16H16BrNO. The minimum Gasteiger partial charge on any atom is -0.366 e. The quantitative estimate of drug-likeness (QED) is 0.910. The number of hydrogen-bond acceptors (Lipinski definition) is 1. The lowest BCUT2D eigenvalue weighted by molar-refractivity contribution is 0.100. The van der Waals surface area contributed by atoms with E-state index < -0.39 is 5.91 Å². The van der Waals surface area contributed by atoms with Gasteiger partial charge in [-0.2, -0.15) is 0 Å². The van der Waals surface area contributed by atoms with Gasteiger partial charge in [0.15, 0.2) is 0 Å². The summed E-state index contributed by atoms with van der Waals surface area (Å²) in [7, 11) is 0. The third-order valence-corrected chi connectivity index (χ3v) is 4.17. The highest BCUT2D eigenvalue weighted by molar-refractivity contribution is 9.10. The smallest absolute Gasteiger partial charge is 0.249 e. The summed E-state index contributed by atoms with van der Waals surface area (Å²) in [5, 5.41) is 0. The van der Waals surface area contributed by atoms with Crippen LogP contribution >= 0.6 is 15.9 Å². The molecule has 2 aromatic rings. The number of nitrogens with two attached hydrogens (primary N) is 1. The van der Waals surface area contributed by atoms with Crippen molar-refractivity contribution in [2.45, 2.75) is 20.3 Å². The van der Waals surface area contributed by atoms with Crippen molar-refractivity contribution in [3.8, 4) is 11.1 Å². The number of hydrogen-bond donors (Lipinski definition) is 1. The molecule has 0 unspecified atom stereocenters. The molecule has 19 heavy (non-hydrogen) atoms. The highest BCUT2D eigenvalue weighted by Gasteiger charge is 2.13. The van der Waals surface area contributed by atoms with E-state index in [4.69, 9.17) is 5.73 Å². The molecule has 1 amide bonds. The topological polar surface area (TPSA) is 43.1 Å². The van der Waals surface area contributed by atoms with Crippen molar-refractivity contribution in [2.75, 3.05) is 0 Å². The summed E-state index contributed by atoms with van der Waals surface area (Å²) >= 11 is 3.52. The predicted molar refractivity (Wildman–Crippen MR) is 82.2 cm³/mol. The van der Waals surface area contributed by atoms with Gasteiger partial charge in [0.2, 0.25) is 5.91 Å². The van der Waals surface area contributed by atoms with E-state index >= 15 is 0 Å². The van der Waals surface area contributed by atoms with E-state index in [1.165, 1.54) is 5.56 Å². The monoisotopic (exact) mass is 317 g/mol. The largest absolute Gasteiger partial charge is 0.366 e. The van der Waals surface area contributed by atoms with E-state index in [1.807, 2.05) is 37.3 Å². The number of benzene rings is 2. The summed E-state index contributed by atoms with van der Waals surface area (Å²) in [5.41, 5.74) is 10.3. The molecule has 0 aromatic heterocycles. The molecule has 2 rings (SSSR count). The molecule has 0 saturated carbocycles. The van der Waals surface area contributed by atoms with Crippen LogP contribution in [0.3, 0.4) is 0 Å². The maximum absolute atomic E-state index is 11.6. The molecule has 0 atom stereocenters. The number of halogens is 1. The van der Waals surface area contributed by atoms with Crippen molar-refractivity contribution in [2.24, 2.45) is 5.73 Å². The summed E-state index contributed by atoms with van der Waals surface area (Å²) in [6.45, 7) is 4.12. The number of carbonyl (C=O) groups is 1. The lowest BCUT2D eigenvalue weighted by Gasteiger charge is -2.12. The van der Waals surface area contributed by atoms with Crippen molar-refractivity contribution in [1.82, 2.24) is 0 Å². The molecule has 98 valence electrons. The fourth-order valence-corrected chi connectivity index (χ4v) is 2.51. The minimum atomic E-state index is -0.392. The summed E-state index contributed by atoms with van der Waals surface area (Å²) in [4.78, 5) is 11.6. The molecule has 2 N–H and O–H groups in total. The fraction of sp³-hybridized carbons (Fsp3) is 0.188. The molecule has 0 radical (unpaired) electrons. The first-order valence-electron chi connectivity index (χ1n) is 6.22. The number of amides is 1. The van der Waals surface area contributed by atoms with Crippen molar-refractivity contribution in [3.05, 3.63) is 57.6 Å². The van der Waals surface area contributed by atoms with E-state index in [0.717, 1.165) is 27.6 Å². The van der Waals surface area contributed by atoms with E-state index in [9.17, 15) is 4.79 Å². The van der Waals surface area contributed by atoms with Gasteiger partial charge in [-0.1, -0.05) is 47.1 Å². The van der Waals surface area contributed by atoms with Crippen molar-refractivity contribution in [1.29, 1.82) is 0 Å². The summed E-state index contributed by atoms with van der Waals surface area (Å²) < 4.78 is 1.03. The van der Waals surface area contributed by atoms with E-state index in [1.54, 1.807) is 0 Å². The van der Waals surface area contributed by atoms with Gasteiger partial charge in [-0.15, -0.1) is 0 Å². The Morgan fingerprint density at radius 1 is 1.21 bits per heavy atom. The molecule has 0 bridgehead atoms. The molecular weight excluding hydrogens is 302 g/mol. The Labute approximate surface area is 121 Å². The van der Waals surface area contributed by atoms with Crippen LogP contribution in [0.4, 0.5) is 0 Å². The molecule has 2 aromatic carbocycles. The Hall–Kier alpha value is -1.61. The van der Waals surface area contributed by atoms with Crippen LogP contribution < -0.4 is 5.73 Å². The number of aryl methyl sites for hydroxylation is 1. The van der Waals surface area contributed by atoms with Crippen LogP contribution in [0.25, 0.3) is 11.1 Å². The Bertz CT molecular complexity index is 635. The average Bonchev–Trinajstić information content (AvgIpc) is 2.41. The SMILES string of the molecule is CCc1ccc(C(N)=O)c(-c2cccc(Br)c2C)c1. The van der Waals surface area contributed by atoms with Gasteiger partial charge in [0, 0.05) is 10.0 Å². The molecule has 0 fully saturated rings. The first kappa shape index (κ1) is 13.8. The zero-order valence-electron chi connectivity index (χ0n) is 11.0. The van der Waals surface area contributed by atoms with E-state index in [0.29, 0.717) is 5.56 Å². The fourth-order valence-electron chi connectivity index (χ4n) is 2.15. The lowest BCUT2D eigenvalue weighted by Crippen LogP contribution is -2.12. The maximum Gasteiger partial charge on any atom is 0.249 e. The van der Waals surface area contributed by atoms with Crippen LogP contribution in [-0.2, 0) is 6.42 Å².